The number of hydrogen-bond acceptors (Lipinski definition) is 2. The zero-order valence-electron chi connectivity index (χ0n) is 28.6. The standard InChI is InChI=1S/C49H35NO/c1-49(2)42-26-13-11-22-38(42)39-29-28-35(31-43(39)49)50(34-19-7-4-8-20-34)44-30-33-18-9-10-21-36(33)46-40-23-12-14-27-45(40)51-48-37(32-16-5-3-6-17-32)24-15-25-41(48)47(44)46/h3-31H,1-2H3. The third-order valence-electron chi connectivity index (χ3n) is 10.8. The molecule has 8 aromatic rings. The zero-order valence-corrected chi connectivity index (χ0v) is 28.6. The molecule has 2 heteroatoms. The van der Waals surface area contributed by atoms with E-state index in [2.05, 4.69) is 195 Å². The second-order valence-electron chi connectivity index (χ2n) is 14.1. The molecule has 0 fully saturated rings. The molecule has 0 N–H and O–H groups in total. The second kappa shape index (κ2) is 11.3. The number of rotatable bonds is 4. The lowest BCUT2D eigenvalue weighted by atomic mass is 9.82. The lowest BCUT2D eigenvalue weighted by Crippen LogP contribution is -2.17. The highest BCUT2D eigenvalue weighted by Crippen LogP contribution is 2.57. The number of fused-ring (bicyclic) bond motifs is 10. The van der Waals surface area contributed by atoms with Gasteiger partial charge in [-0.05, 0) is 75.0 Å². The van der Waals surface area contributed by atoms with Crippen molar-refractivity contribution in [2.45, 2.75) is 19.3 Å². The van der Waals surface area contributed by atoms with E-state index >= 15 is 0 Å². The summed E-state index contributed by atoms with van der Waals surface area (Å²) in [6.45, 7) is 4.71. The van der Waals surface area contributed by atoms with Crippen molar-refractivity contribution in [2.24, 2.45) is 0 Å². The lowest BCUT2D eigenvalue weighted by Gasteiger charge is -2.31. The monoisotopic (exact) mass is 653 g/mol. The summed E-state index contributed by atoms with van der Waals surface area (Å²) < 4.78 is 7.07. The number of nitrogens with zero attached hydrogens (tertiary/aromatic N) is 1. The molecular formula is C49H35NO. The van der Waals surface area contributed by atoms with Gasteiger partial charge in [0, 0.05) is 44.6 Å². The van der Waals surface area contributed by atoms with Crippen LogP contribution >= 0.6 is 0 Å². The molecule has 2 nitrogen and oxygen atoms in total. The molecule has 0 amide bonds. The minimum atomic E-state index is -0.130. The summed E-state index contributed by atoms with van der Waals surface area (Å²) in [7, 11) is 0. The molecule has 1 aliphatic heterocycles. The summed E-state index contributed by atoms with van der Waals surface area (Å²) in [5.74, 6) is 1.72. The molecule has 0 aromatic heterocycles. The van der Waals surface area contributed by atoms with Gasteiger partial charge in [-0.2, -0.15) is 0 Å². The van der Waals surface area contributed by atoms with Crippen LogP contribution in [0, 0.1) is 0 Å². The van der Waals surface area contributed by atoms with E-state index in [-0.39, 0.29) is 5.41 Å². The van der Waals surface area contributed by atoms with E-state index < -0.39 is 0 Å². The van der Waals surface area contributed by atoms with Crippen LogP contribution in [-0.4, -0.2) is 0 Å². The van der Waals surface area contributed by atoms with Crippen molar-refractivity contribution < 1.29 is 4.74 Å². The topological polar surface area (TPSA) is 12.5 Å². The minimum Gasteiger partial charge on any atom is -0.455 e. The summed E-state index contributed by atoms with van der Waals surface area (Å²) in [6.07, 6.45) is 0. The number of anilines is 3. The molecule has 242 valence electrons. The molecule has 0 atom stereocenters. The van der Waals surface area contributed by atoms with Gasteiger partial charge in [-0.15, -0.1) is 0 Å². The summed E-state index contributed by atoms with van der Waals surface area (Å²) in [4.78, 5) is 2.46. The maximum absolute atomic E-state index is 7.07. The van der Waals surface area contributed by atoms with Crippen molar-refractivity contribution in [3.05, 3.63) is 187 Å². The molecule has 0 bridgehead atoms. The van der Waals surface area contributed by atoms with Gasteiger partial charge < -0.3 is 9.64 Å². The van der Waals surface area contributed by atoms with Crippen LogP contribution in [0.2, 0.25) is 0 Å². The maximum Gasteiger partial charge on any atom is 0.143 e. The van der Waals surface area contributed by atoms with E-state index in [1.54, 1.807) is 0 Å². The molecule has 8 aromatic carbocycles. The van der Waals surface area contributed by atoms with Crippen LogP contribution in [0.25, 0.3) is 55.3 Å². The minimum absolute atomic E-state index is 0.130. The molecule has 2 aliphatic rings. The fraction of sp³-hybridized carbons (Fsp3) is 0.0612. The Morgan fingerprint density at radius 1 is 0.451 bits per heavy atom. The number of para-hydroxylation sites is 3. The lowest BCUT2D eigenvalue weighted by molar-refractivity contribution is 0.489. The summed E-state index contributed by atoms with van der Waals surface area (Å²) in [5.41, 5.74) is 15.2. The molecule has 1 aliphatic carbocycles. The van der Waals surface area contributed by atoms with E-state index in [9.17, 15) is 0 Å². The van der Waals surface area contributed by atoms with Crippen LogP contribution in [0.15, 0.2) is 176 Å². The van der Waals surface area contributed by atoms with E-state index in [0.717, 1.165) is 56.4 Å². The Kier molecular flexibility index (Phi) is 6.56. The highest BCUT2D eigenvalue weighted by Gasteiger charge is 2.36. The highest BCUT2D eigenvalue weighted by molar-refractivity contribution is 6.13. The Morgan fingerprint density at radius 3 is 1.94 bits per heavy atom. The van der Waals surface area contributed by atoms with E-state index in [1.807, 2.05) is 0 Å². The van der Waals surface area contributed by atoms with Crippen LogP contribution in [-0.2, 0) is 5.41 Å². The van der Waals surface area contributed by atoms with Crippen LogP contribution in [0.1, 0.15) is 25.0 Å². The average molecular weight is 654 g/mol. The predicted octanol–water partition coefficient (Wildman–Crippen LogP) is 13.7. The van der Waals surface area contributed by atoms with Crippen molar-refractivity contribution in [1.82, 2.24) is 0 Å². The van der Waals surface area contributed by atoms with Gasteiger partial charge in [0.05, 0.1) is 5.69 Å². The first-order chi connectivity index (χ1) is 25.1. The molecule has 0 radical (unpaired) electrons. The second-order valence-corrected chi connectivity index (χ2v) is 14.1. The smallest absolute Gasteiger partial charge is 0.143 e. The van der Waals surface area contributed by atoms with Crippen LogP contribution in [0.4, 0.5) is 17.1 Å². The number of hydrogen-bond donors (Lipinski definition) is 0. The fourth-order valence-electron chi connectivity index (χ4n) is 8.46. The Morgan fingerprint density at radius 2 is 1.10 bits per heavy atom. The molecule has 0 unspecified atom stereocenters. The van der Waals surface area contributed by atoms with Crippen LogP contribution in [0.5, 0.6) is 11.5 Å². The molecule has 10 rings (SSSR count). The molecule has 0 saturated heterocycles. The Labute approximate surface area is 298 Å². The van der Waals surface area contributed by atoms with Crippen molar-refractivity contribution in [1.29, 1.82) is 0 Å². The molecule has 0 saturated carbocycles. The van der Waals surface area contributed by atoms with Crippen molar-refractivity contribution >= 4 is 27.8 Å². The third kappa shape index (κ3) is 4.50. The van der Waals surface area contributed by atoms with Gasteiger partial charge in [-0.1, -0.05) is 153 Å². The average Bonchev–Trinajstić information content (AvgIpc) is 3.30. The van der Waals surface area contributed by atoms with E-state index in [1.165, 1.54) is 38.6 Å². The Hall–Kier alpha value is -6.38. The highest BCUT2D eigenvalue weighted by atomic mass is 16.5. The van der Waals surface area contributed by atoms with Gasteiger partial charge >= 0.3 is 0 Å². The summed E-state index contributed by atoms with van der Waals surface area (Å²) in [5, 5.41) is 2.38. The van der Waals surface area contributed by atoms with Gasteiger partial charge in [0.15, 0.2) is 0 Å². The number of benzene rings is 8. The van der Waals surface area contributed by atoms with E-state index in [0.29, 0.717) is 0 Å². The molecular weight excluding hydrogens is 619 g/mol. The maximum atomic E-state index is 7.07. The largest absolute Gasteiger partial charge is 0.455 e. The van der Waals surface area contributed by atoms with Gasteiger partial charge in [-0.3, -0.25) is 0 Å². The molecule has 1 heterocycles. The number of ether oxygens (including phenoxy) is 1. The van der Waals surface area contributed by atoms with Crippen molar-refractivity contribution in [3.8, 4) is 56.0 Å². The Balaban J connectivity index is 1.33. The van der Waals surface area contributed by atoms with Gasteiger partial charge in [-0.25, -0.2) is 0 Å². The van der Waals surface area contributed by atoms with Gasteiger partial charge in [0.1, 0.15) is 11.5 Å². The third-order valence-corrected chi connectivity index (χ3v) is 10.8. The van der Waals surface area contributed by atoms with E-state index in [4.69, 9.17) is 4.74 Å². The first-order valence-corrected chi connectivity index (χ1v) is 17.7. The van der Waals surface area contributed by atoms with Crippen LogP contribution < -0.4 is 9.64 Å². The summed E-state index contributed by atoms with van der Waals surface area (Å²) in [6, 6.07) is 63.5. The summed E-state index contributed by atoms with van der Waals surface area (Å²) >= 11 is 0. The SMILES string of the molecule is CC1(C)c2ccccc2-c2ccc(N(c3ccccc3)c3cc4ccccc4c4c3-c3cccc(-c5ccccc5)c3Oc3ccccc3-4)cc21. The van der Waals surface area contributed by atoms with Crippen molar-refractivity contribution in [2.75, 3.05) is 4.90 Å². The first-order valence-electron chi connectivity index (χ1n) is 17.7. The van der Waals surface area contributed by atoms with Crippen molar-refractivity contribution in [3.63, 3.8) is 0 Å². The zero-order chi connectivity index (χ0) is 34.1. The quantitative estimate of drug-likeness (QED) is 0.187. The molecule has 0 spiro atoms. The Bertz CT molecular complexity index is 2640. The van der Waals surface area contributed by atoms with Gasteiger partial charge in [0.25, 0.3) is 0 Å². The fourth-order valence-corrected chi connectivity index (χ4v) is 8.46. The van der Waals surface area contributed by atoms with Crippen LogP contribution in [0.3, 0.4) is 0 Å². The first kappa shape index (κ1) is 29.5. The predicted molar refractivity (Wildman–Crippen MR) is 213 cm³/mol. The van der Waals surface area contributed by atoms with Gasteiger partial charge in [0.2, 0.25) is 0 Å². The molecule has 51 heavy (non-hydrogen) atoms. The normalized spacial score (nSPS) is 13.2.